The largest absolute Gasteiger partial charge is 0.399 e. The number of rotatable bonds is 3. The fourth-order valence-corrected chi connectivity index (χ4v) is 3.91. The number of hydrogen-bond donors (Lipinski definition) is 1. The van der Waals surface area contributed by atoms with Crippen LogP contribution in [-0.4, -0.2) is 29.5 Å². The van der Waals surface area contributed by atoms with E-state index in [0.717, 1.165) is 22.7 Å². The highest BCUT2D eigenvalue weighted by molar-refractivity contribution is 9.10. The highest BCUT2D eigenvalue weighted by Gasteiger charge is 2.19. The number of nitrogen functional groups attached to an aromatic ring is 1. The summed E-state index contributed by atoms with van der Waals surface area (Å²) in [7, 11) is 2.20. The zero-order valence-corrected chi connectivity index (χ0v) is 11.9. The van der Waals surface area contributed by atoms with Crippen LogP contribution in [0.5, 0.6) is 0 Å². The Morgan fingerprint density at radius 1 is 1.50 bits per heavy atom. The molecular weight excluding hydrogens is 284 g/mol. The van der Waals surface area contributed by atoms with Gasteiger partial charge in [0.15, 0.2) is 0 Å². The summed E-state index contributed by atoms with van der Waals surface area (Å²) in [4.78, 5) is 2.43. The Bertz CT molecular complexity index is 344. The predicted octanol–water partition coefficient (Wildman–Crippen LogP) is 2.97. The summed E-state index contributed by atoms with van der Waals surface area (Å²) in [5, 5.41) is 0. The van der Waals surface area contributed by atoms with Gasteiger partial charge in [-0.25, -0.2) is 0 Å². The lowest BCUT2D eigenvalue weighted by atomic mass is 10.1. The molecule has 4 heteroatoms. The third kappa shape index (κ3) is 3.15. The standard InChI is InChI=1S/C12H17BrN2S/c1-15(12-2-3-16-8-12)7-9-4-10(13)6-11(14)5-9/h4-6,12H,2-3,7-8,14H2,1H3. The van der Waals surface area contributed by atoms with Crippen LogP contribution < -0.4 is 5.73 Å². The molecule has 2 N–H and O–H groups in total. The quantitative estimate of drug-likeness (QED) is 0.870. The molecule has 1 atom stereocenters. The topological polar surface area (TPSA) is 29.3 Å². The van der Waals surface area contributed by atoms with Crippen molar-refractivity contribution >= 4 is 33.4 Å². The Morgan fingerprint density at radius 2 is 2.31 bits per heavy atom. The Labute approximate surface area is 110 Å². The van der Waals surface area contributed by atoms with Gasteiger partial charge in [-0.15, -0.1) is 0 Å². The first-order valence-electron chi connectivity index (χ1n) is 5.48. The van der Waals surface area contributed by atoms with E-state index in [9.17, 15) is 0 Å². The third-order valence-corrected chi connectivity index (χ3v) is 4.54. The monoisotopic (exact) mass is 300 g/mol. The lowest BCUT2D eigenvalue weighted by Gasteiger charge is -2.23. The van der Waals surface area contributed by atoms with Crippen LogP contribution in [0, 0.1) is 0 Å². The Balaban J connectivity index is 2.02. The van der Waals surface area contributed by atoms with Crippen molar-refractivity contribution < 1.29 is 0 Å². The zero-order valence-electron chi connectivity index (χ0n) is 9.45. The van der Waals surface area contributed by atoms with Crippen molar-refractivity contribution in [1.29, 1.82) is 0 Å². The molecule has 1 aromatic rings. The van der Waals surface area contributed by atoms with Crippen LogP contribution in [-0.2, 0) is 6.54 Å². The first-order chi connectivity index (χ1) is 7.65. The van der Waals surface area contributed by atoms with Crippen molar-refractivity contribution in [3.63, 3.8) is 0 Å². The van der Waals surface area contributed by atoms with Crippen LogP contribution in [0.2, 0.25) is 0 Å². The van der Waals surface area contributed by atoms with E-state index in [4.69, 9.17) is 5.73 Å². The van der Waals surface area contributed by atoms with Crippen LogP contribution in [0.15, 0.2) is 22.7 Å². The van der Waals surface area contributed by atoms with Gasteiger partial charge in [0.1, 0.15) is 0 Å². The predicted molar refractivity (Wildman–Crippen MR) is 75.8 cm³/mol. The van der Waals surface area contributed by atoms with Crippen LogP contribution >= 0.6 is 27.7 Å². The summed E-state index contributed by atoms with van der Waals surface area (Å²) in [5.41, 5.74) is 7.95. The van der Waals surface area contributed by atoms with Gasteiger partial charge >= 0.3 is 0 Å². The second-order valence-corrected chi connectivity index (χ2v) is 6.39. The normalized spacial score (nSPS) is 20.6. The lowest BCUT2D eigenvalue weighted by molar-refractivity contribution is 0.254. The van der Waals surface area contributed by atoms with E-state index in [1.54, 1.807) is 0 Å². The van der Waals surface area contributed by atoms with E-state index in [0.29, 0.717) is 0 Å². The maximum absolute atomic E-state index is 5.84. The molecule has 88 valence electrons. The van der Waals surface area contributed by atoms with Crippen LogP contribution in [0.3, 0.4) is 0 Å². The minimum absolute atomic E-state index is 0.727. The molecular formula is C12H17BrN2S. The highest BCUT2D eigenvalue weighted by Crippen LogP contribution is 2.24. The van der Waals surface area contributed by atoms with Gasteiger partial charge in [-0.05, 0) is 43.0 Å². The van der Waals surface area contributed by atoms with E-state index >= 15 is 0 Å². The smallest absolute Gasteiger partial charge is 0.0328 e. The summed E-state index contributed by atoms with van der Waals surface area (Å²) in [6, 6.07) is 6.87. The summed E-state index contributed by atoms with van der Waals surface area (Å²) in [5.74, 6) is 2.57. The minimum atomic E-state index is 0.727. The van der Waals surface area contributed by atoms with Crippen molar-refractivity contribution in [1.82, 2.24) is 4.90 Å². The Morgan fingerprint density at radius 3 is 2.94 bits per heavy atom. The molecule has 1 aliphatic rings. The van der Waals surface area contributed by atoms with Gasteiger partial charge in [-0.2, -0.15) is 11.8 Å². The Hall–Kier alpha value is -0.190. The average molecular weight is 301 g/mol. The minimum Gasteiger partial charge on any atom is -0.399 e. The van der Waals surface area contributed by atoms with Crippen molar-refractivity contribution in [2.75, 3.05) is 24.3 Å². The summed E-state index contributed by atoms with van der Waals surface area (Å²) in [6.07, 6.45) is 1.31. The van der Waals surface area contributed by atoms with E-state index in [1.807, 2.05) is 6.07 Å². The Kier molecular flexibility index (Phi) is 4.16. The van der Waals surface area contributed by atoms with Crippen LogP contribution in [0.4, 0.5) is 5.69 Å². The molecule has 0 saturated carbocycles. The fraction of sp³-hybridized carbons (Fsp3) is 0.500. The molecule has 0 radical (unpaired) electrons. The van der Waals surface area contributed by atoms with Gasteiger partial charge in [-0.3, -0.25) is 4.90 Å². The SMILES string of the molecule is CN(Cc1cc(N)cc(Br)c1)C1CCSC1. The summed E-state index contributed by atoms with van der Waals surface area (Å²) >= 11 is 5.54. The van der Waals surface area contributed by atoms with E-state index < -0.39 is 0 Å². The van der Waals surface area contributed by atoms with E-state index in [-0.39, 0.29) is 0 Å². The van der Waals surface area contributed by atoms with Crippen LogP contribution in [0.1, 0.15) is 12.0 Å². The summed E-state index contributed by atoms with van der Waals surface area (Å²) in [6.45, 7) is 0.981. The van der Waals surface area contributed by atoms with Crippen molar-refractivity contribution in [2.45, 2.75) is 19.0 Å². The fourth-order valence-electron chi connectivity index (χ4n) is 2.05. The second kappa shape index (κ2) is 5.43. The van der Waals surface area contributed by atoms with Crippen molar-refractivity contribution in [3.8, 4) is 0 Å². The summed E-state index contributed by atoms with van der Waals surface area (Å²) < 4.78 is 1.07. The zero-order chi connectivity index (χ0) is 11.5. The molecule has 1 saturated heterocycles. The molecule has 1 unspecified atom stereocenters. The highest BCUT2D eigenvalue weighted by atomic mass is 79.9. The maximum Gasteiger partial charge on any atom is 0.0328 e. The van der Waals surface area contributed by atoms with Gasteiger partial charge in [0.05, 0.1) is 0 Å². The van der Waals surface area contributed by atoms with Gasteiger partial charge in [0, 0.05) is 28.5 Å². The number of nitrogens with two attached hydrogens (primary N) is 1. The van der Waals surface area contributed by atoms with E-state index in [2.05, 4.69) is 51.8 Å². The molecule has 1 aromatic carbocycles. The average Bonchev–Trinajstić information content (AvgIpc) is 2.68. The third-order valence-electron chi connectivity index (χ3n) is 2.94. The molecule has 0 aromatic heterocycles. The van der Waals surface area contributed by atoms with Gasteiger partial charge in [0.2, 0.25) is 0 Å². The van der Waals surface area contributed by atoms with Crippen molar-refractivity contribution in [3.05, 3.63) is 28.2 Å². The number of hydrogen-bond acceptors (Lipinski definition) is 3. The maximum atomic E-state index is 5.84. The van der Waals surface area contributed by atoms with Gasteiger partial charge in [0.25, 0.3) is 0 Å². The molecule has 2 nitrogen and oxygen atoms in total. The molecule has 1 fully saturated rings. The molecule has 1 heterocycles. The molecule has 16 heavy (non-hydrogen) atoms. The lowest BCUT2D eigenvalue weighted by Crippen LogP contribution is -2.30. The molecule has 1 aliphatic heterocycles. The van der Waals surface area contributed by atoms with Gasteiger partial charge < -0.3 is 5.73 Å². The molecule has 0 bridgehead atoms. The first kappa shape index (κ1) is 12.3. The van der Waals surface area contributed by atoms with Crippen LogP contribution in [0.25, 0.3) is 0 Å². The van der Waals surface area contributed by atoms with Gasteiger partial charge in [-0.1, -0.05) is 15.9 Å². The second-order valence-electron chi connectivity index (χ2n) is 4.33. The number of nitrogens with zero attached hydrogens (tertiary/aromatic N) is 1. The number of benzene rings is 1. The van der Waals surface area contributed by atoms with E-state index in [1.165, 1.54) is 23.5 Å². The number of halogens is 1. The number of thioether (sulfide) groups is 1. The molecule has 0 aliphatic carbocycles. The first-order valence-corrected chi connectivity index (χ1v) is 7.43. The molecule has 0 spiro atoms. The van der Waals surface area contributed by atoms with Crippen molar-refractivity contribution in [2.24, 2.45) is 0 Å². The molecule has 0 amide bonds. The number of anilines is 1. The molecule has 2 rings (SSSR count).